The summed E-state index contributed by atoms with van der Waals surface area (Å²) in [4.78, 5) is 2.88. The lowest BCUT2D eigenvalue weighted by Crippen LogP contribution is -2.46. The molecule has 4 heteroatoms. The molecule has 3 fully saturated rings. The molecule has 0 saturated carbocycles. The van der Waals surface area contributed by atoms with Crippen LogP contribution in [0.2, 0.25) is 0 Å². The summed E-state index contributed by atoms with van der Waals surface area (Å²) in [6, 6.07) is 3.89. The van der Waals surface area contributed by atoms with E-state index in [0.29, 0.717) is 0 Å². The molecule has 0 amide bonds. The van der Waals surface area contributed by atoms with E-state index in [9.17, 15) is 0 Å². The zero-order chi connectivity index (χ0) is 14.2. The number of aromatic nitrogens is 2. The molecular formula is C17H28N4. The third-order valence-corrected chi connectivity index (χ3v) is 6.09. The van der Waals surface area contributed by atoms with Gasteiger partial charge in [-0.2, -0.15) is 5.10 Å². The third-order valence-electron chi connectivity index (χ3n) is 6.09. The zero-order valence-corrected chi connectivity index (χ0v) is 13.2. The minimum atomic E-state index is 0.735. The van der Waals surface area contributed by atoms with Crippen molar-refractivity contribution < 1.29 is 0 Å². The van der Waals surface area contributed by atoms with Gasteiger partial charge in [-0.25, -0.2) is 0 Å². The Morgan fingerprint density at radius 1 is 1.14 bits per heavy atom. The first-order valence-corrected chi connectivity index (χ1v) is 8.75. The fraction of sp³-hybridized carbons (Fsp3) is 0.824. The Hall–Kier alpha value is -0.870. The highest BCUT2D eigenvalue weighted by Crippen LogP contribution is 2.43. The molecule has 0 aromatic carbocycles. The van der Waals surface area contributed by atoms with Crippen molar-refractivity contribution >= 4 is 0 Å². The number of nitrogens with zero attached hydrogens (tertiary/aromatic N) is 3. The summed E-state index contributed by atoms with van der Waals surface area (Å²) in [5.41, 5.74) is 1.45. The quantitative estimate of drug-likeness (QED) is 0.925. The summed E-state index contributed by atoms with van der Waals surface area (Å²) in [6.45, 7) is 3.81. The van der Waals surface area contributed by atoms with Crippen LogP contribution in [0.3, 0.4) is 0 Å². The lowest BCUT2D eigenvalue weighted by Gasteiger charge is -2.41. The summed E-state index contributed by atoms with van der Waals surface area (Å²) < 4.78 is 2.09. The number of fused-ring (bicyclic) bond motifs is 2. The Balaban J connectivity index is 1.43. The fourth-order valence-electron chi connectivity index (χ4n) is 4.96. The first-order valence-electron chi connectivity index (χ1n) is 8.75. The summed E-state index contributed by atoms with van der Waals surface area (Å²) in [5, 5.41) is 7.86. The van der Waals surface area contributed by atoms with Crippen LogP contribution >= 0.6 is 0 Å². The van der Waals surface area contributed by atoms with Gasteiger partial charge in [0.25, 0.3) is 0 Å². The maximum atomic E-state index is 4.37. The molecule has 3 aliphatic heterocycles. The Morgan fingerprint density at radius 2 is 1.86 bits per heavy atom. The van der Waals surface area contributed by atoms with Gasteiger partial charge in [-0.05, 0) is 63.6 Å². The highest BCUT2D eigenvalue weighted by molar-refractivity contribution is 5.13. The average molecular weight is 288 g/mol. The number of hydrogen-bond acceptors (Lipinski definition) is 3. The maximum absolute atomic E-state index is 4.37. The van der Waals surface area contributed by atoms with E-state index >= 15 is 0 Å². The van der Waals surface area contributed by atoms with Gasteiger partial charge in [-0.1, -0.05) is 0 Å². The van der Waals surface area contributed by atoms with Crippen LogP contribution in [0.15, 0.2) is 12.3 Å². The molecule has 21 heavy (non-hydrogen) atoms. The van der Waals surface area contributed by atoms with E-state index in [4.69, 9.17) is 0 Å². The molecule has 0 radical (unpaired) electrons. The van der Waals surface area contributed by atoms with E-state index in [1.165, 1.54) is 63.9 Å². The van der Waals surface area contributed by atoms with Crippen molar-refractivity contribution in [3.63, 3.8) is 0 Å². The smallest absolute Gasteiger partial charge is 0.0492 e. The van der Waals surface area contributed by atoms with Crippen LogP contribution in [0.5, 0.6) is 0 Å². The van der Waals surface area contributed by atoms with Gasteiger partial charge in [0.1, 0.15) is 0 Å². The van der Waals surface area contributed by atoms with Gasteiger partial charge in [0.05, 0.1) is 0 Å². The van der Waals surface area contributed by atoms with Crippen LogP contribution in [0, 0.1) is 5.92 Å². The lowest BCUT2D eigenvalue weighted by atomic mass is 9.86. The number of nitrogens with one attached hydrogen (secondary N) is 1. The molecule has 1 aromatic rings. The van der Waals surface area contributed by atoms with Crippen LogP contribution in [-0.2, 0) is 7.05 Å². The van der Waals surface area contributed by atoms with Crippen molar-refractivity contribution in [2.75, 3.05) is 19.6 Å². The predicted octanol–water partition coefficient (Wildman–Crippen LogP) is 2.13. The summed E-state index contributed by atoms with van der Waals surface area (Å²) in [7, 11) is 2.10. The van der Waals surface area contributed by atoms with Crippen LogP contribution in [0.1, 0.15) is 50.1 Å². The Kier molecular flexibility index (Phi) is 3.76. The van der Waals surface area contributed by atoms with E-state index in [0.717, 1.165) is 23.9 Å². The Morgan fingerprint density at radius 3 is 2.48 bits per heavy atom. The molecule has 1 aromatic heterocycles. The summed E-state index contributed by atoms with van der Waals surface area (Å²) in [6.07, 6.45) is 10.2. The fourth-order valence-corrected chi connectivity index (χ4v) is 4.96. The minimum Gasteiger partial charge on any atom is -0.317 e. The summed E-state index contributed by atoms with van der Waals surface area (Å²) >= 11 is 0. The first kappa shape index (κ1) is 13.8. The highest BCUT2D eigenvalue weighted by Gasteiger charge is 2.42. The summed E-state index contributed by atoms with van der Waals surface area (Å²) in [5.74, 6) is 1.67. The second kappa shape index (κ2) is 5.73. The van der Waals surface area contributed by atoms with Crippen molar-refractivity contribution in [2.24, 2.45) is 13.0 Å². The number of rotatable bonds is 3. The molecule has 2 bridgehead atoms. The number of hydrogen-bond donors (Lipinski definition) is 1. The van der Waals surface area contributed by atoms with E-state index in [1.54, 1.807) is 0 Å². The van der Waals surface area contributed by atoms with E-state index in [-0.39, 0.29) is 0 Å². The standard InChI is InChI=1S/C17H28N4/c1-20-17(6-9-19-20)14-10-15-2-3-16(11-14)21(15)12-13-4-7-18-8-5-13/h6,9,13-16,18H,2-5,7-8,10-12H2,1H3. The van der Waals surface area contributed by atoms with Crippen LogP contribution in [-0.4, -0.2) is 46.4 Å². The zero-order valence-electron chi connectivity index (χ0n) is 13.2. The molecule has 4 heterocycles. The van der Waals surface area contributed by atoms with Crippen molar-refractivity contribution in [1.82, 2.24) is 20.0 Å². The molecule has 116 valence electrons. The molecule has 4 rings (SSSR count). The second-order valence-corrected chi connectivity index (χ2v) is 7.32. The molecule has 4 nitrogen and oxygen atoms in total. The monoisotopic (exact) mass is 288 g/mol. The largest absolute Gasteiger partial charge is 0.317 e. The highest BCUT2D eigenvalue weighted by atomic mass is 15.3. The number of aryl methyl sites for hydroxylation is 1. The molecule has 3 aliphatic rings. The topological polar surface area (TPSA) is 33.1 Å². The number of piperidine rings is 2. The molecule has 1 N–H and O–H groups in total. The van der Waals surface area contributed by atoms with E-state index in [1.807, 2.05) is 6.20 Å². The normalized spacial score (nSPS) is 34.4. The molecule has 0 aliphatic carbocycles. The molecule has 2 atom stereocenters. The van der Waals surface area contributed by atoms with Gasteiger partial charge in [0, 0.05) is 43.5 Å². The SMILES string of the molecule is Cn1nccc1C1CC2CCC(C1)N2CC1CCNCC1. The molecular weight excluding hydrogens is 260 g/mol. The van der Waals surface area contributed by atoms with Crippen molar-refractivity contribution in [1.29, 1.82) is 0 Å². The van der Waals surface area contributed by atoms with Crippen molar-refractivity contribution in [3.8, 4) is 0 Å². The van der Waals surface area contributed by atoms with E-state index in [2.05, 4.69) is 33.1 Å². The van der Waals surface area contributed by atoms with Crippen LogP contribution in [0.25, 0.3) is 0 Å². The van der Waals surface area contributed by atoms with Crippen LogP contribution < -0.4 is 5.32 Å². The van der Waals surface area contributed by atoms with Gasteiger partial charge in [0.15, 0.2) is 0 Å². The lowest BCUT2D eigenvalue weighted by molar-refractivity contribution is 0.0958. The molecule has 3 saturated heterocycles. The van der Waals surface area contributed by atoms with Gasteiger partial charge < -0.3 is 5.32 Å². The van der Waals surface area contributed by atoms with Crippen LogP contribution in [0.4, 0.5) is 0 Å². The second-order valence-electron chi connectivity index (χ2n) is 7.32. The average Bonchev–Trinajstić information content (AvgIpc) is 3.01. The van der Waals surface area contributed by atoms with Gasteiger partial charge in [0.2, 0.25) is 0 Å². The first-order chi connectivity index (χ1) is 10.3. The Labute approximate surface area is 127 Å². The van der Waals surface area contributed by atoms with Gasteiger partial charge in [-0.3, -0.25) is 9.58 Å². The van der Waals surface area contributed by atoms with E-state index < -0.39 is 0 Å². The molecule has 2 unspecified atom stereocenters. The predicted molar refractivity (Wildman–Crippen MR) is 84.3 cm³/mol. The Bertz CT molecular complexity index is 463. The van der Waals surface area contributed by atoms with Crippen molar-refractivity contribution in [2.45, 2.75) is 56.5 Å². The van der Waals surface area contributed by atoms with Gasteiger partial charge in [-0.15, -0.1) is 0 Å². The molecule has 0 spiro atoms. The maximum Gasteiger partial charge on any atom is 0.0492 e. The van der Waals surface area contributed by atoms with Crippen molar-refractivity contribution in [3.05, 3.63) is 18.0 Å². The third kappa shape index (κ3) is 2.64. The minimum absolute atomic E-state index is 0.735. The van der Waals surface area contributed by atoms with Gasteiger partial charge >= 0.3 is 0 Å².